The van der Waals surface area contributed by atoms with Crippen molar-refractivity contribution in [1.29, 1.82) is 5.26 Å². The van der Waals surface area contributed by atoms with E-state index in [0.29, 0.717) is 16.3 Å². The van der Waals surface area contributed by atoms with Gasteiger partial charge in [-0.05, 0) is 49.2 Å². The quantitative estimate of drug-likeness (QED) is 0.349. The highest BCUT2D eigenvalue weighted by atomic mass is 35.5. The molecule has 0 atom stereocenters. The molecule has 0 radical (unpaired) electrons. The molecule has 1 fully saturated rings. The van der Waals surface area contributed by atoms with Crippen LogP contribution in [0.15, 0.2) is 48.0 Å². The SMILES string of the molecule is N#C/C(=C\c1cc([N+](=O)[O-])ccc1N1CCCC1)C(=O)Nc1ccc(Cl)cc1. The maximum absolute atomic E-state index is 12.5. The third kappa shape index (κ3) is 4.48. The third-order valence-corrected chi connectivity index (χ3v) is 4.69. The predicted molar refractivity (Wildman–Crippen MR) is 108 cm³/mol. The van der Waals surface area contributed by atoms with Crippen LogP contribution in [0.1, 0.15) is 18.4 Å². The van der Waals surface area contributed by atoms with Gasteiger partial charge in [0.1, 0.15) is 11.6 Å². The smallest absolute Gasteiger partial charge is 0.270 e. The zero-order chi connectivity index (χ0) is 20.1. The second kappa shape index (κ2) is 8.55. The van der Waals surface area contributed by atoms with E-state index in [1.807, 2.05) is 6.07 Å². The van der Waals surface area contributed by atoms with E-state index in [1.165, 1.54) is 18.2 Å². The molecule has 1 aliphatic heterocycles. The van der Waals surface area contributed by atoms with E-state index in [1.54, 1.807) is 30.3 Å². The van der Waals surface area contributed by atoms with Crippen LogP contribution in [0.2, 0.25) is 5.02 Å². The van der Waals surface area contributed by atoms with Gasteiger partial charge >= 0.3 is 0 Å². The van der Waals surface area contributed by atoms with Gasteiger partial charge in [0.15, 0.2) is 0 Å². The Hall–Kier alpha value is -3.37. The van der Waals surface area contributed by atoms with E-state index in [4.69, 9.17) is 11.6 Å². The molecular formula is C20H17ClN4O3. The number of hydrogen-bond acceptors (Lipinski definition) is 5. The first kappa shape index (κ1) is 19.4. The fourth-order valence-electron chi connectivity index (χ4n) is 3.05. The number of halogens is 1. The van der Waals surface area contributed by atoms with Crippen molar-refractivity contribution in [3.8, 4) is 6.07 Å². The second-order valence-corrected chi connectivity index (χ2v) is 6.76. The van der Waals surface area contributed by atoms with E-state index in [0.717, 1.165) is 31.6 Å². The average Bonchev–Trinajstić information content (AvgIpc) is 3.22. The number of benzene rings is 2. The minimum absolute atomic E-state index is 0.0930. The fraction of sp³-hybridized carbons (Fsp3) is 0.200. The molecule has 1 N–H and O–H groups in total. The lowest BCUT2D eigenvalue weighted by molar-refractivity contribution is -0.384. The summed E-state index contributed by atoms with van der Waals surface area (Å²) in [4.78, 5) is 25.3. The van der Waals surface area contributed by atoms with Gasteiger partial charge in [-0.3, -0.25) is 14.9 Å². The summed E-state index contributed by atoms with van der Waals surface area (Å²) >= 11 is 5.83. The summed E-state index contributed by atoms with van der Waals surface area (Å²) in [5, 5.41) is 23.8. The van der Waals surface area contributed by atoms with Gasteiger partial charge in [-0.2, -0.15) is 5.26 Å². The molecule has 2 aromatic carbocycles. The lowest BCUT2D eigenvalue weighted by atomic mass is 10.1. The monoisotopic (exact) mass is 396 g/mol. The first-order valence-corrected chi connectivity index (χ1v) is 9.08. The molecule has 1 amide bonds. The maximum Gasteiger partial charge on any atom is 0.270 e. The molecule has 2 aromatic rings. The molecule has 0 bridgehead atoms. The van der Waals surface area contributed by atoms with Crippen molar-refractivity contribution in [2.45, 2.75) is 12.8 Å². The van der Waals surface area contributed by atoms with Crippen LogP contribution in [0, 0.1) is 21.4 Å². The Morgan fingerprint density at radius 2 is 1.89 bits per heavy atom. The van der Waals surface area contributed by atoms with Crippen LogP contribution in [0.4, 0.5) is 17.1 Å². The summed E-state index contributed by atoms with van der Waals surface area (Å²) in [5.41, 5.74) is 1.50. The minimum atomic E-state index is -0.594. The number of hydrogen-bond donors (Lipinski definition) is 1. The first-order chi connectivity index (χ1) is 13.5. The van der Waals surface area contributed by atoms with E-state index < -0.39 is 10.8 Å². The van der Waals surface area contributed by atoms with Gasteiger partial charge in [0, 0.05) is 47.2 Å². The van der Waals surface area contributed by atoms with E-state index >= 15 is 0 Å². The lowest BCUT2D eigenvalue weighted by Crippen LogP contribution is -2.19. The number of rotatable bonds is 5. The van der Waals surface area contributed by atoms with Gasteiger partial charge < -0.3 is 10.2 Å². The summed E-state index contributed by atoms with van der Waals surface area (Å²) < 4.78 is 0. The number of amides is 1. The summed E-state index contributed by atoms with van der Waals surface area (Å²) in [7, 11) is 0. The number of non-ortho nitro benzene ring substituents is 1. The normalized spacial score (nSPS) is 13.9. The Kier molecular flexibility index (Phi) is 5.92. The van der Waals surface area contributed by atoms with Crippen molar-refractivity contribution in [2.24, 2.45) is 0 Å². The van der Waals surface area contributed by atoms with Gasteiger partial charge in [-0.1, -0.05) is 11.6 Å². The highest BCUT2D eigenvalue weighted by molar-refractivity contribution is 6.30. The molecule has 0 saturated carbocycles. The number of nitro benzene ring substituents is 1. The molecule has 0 spiro atoms. The van der Waals surface area contributed by atoms with Crippen LogP contribution in [-0.2, 0) is 4.79 Å². The molecule has 1 heterocycles. The van der Waals surface area contributed by atoms with Crippen LogP contribution < -0.4 is 10.2 Å². The van der Waals surface area contributed by atoms with Gasteiger partial charge in [-0.25, -0.2) is 0 Å². The summed E-state index contributed by atoms with van der Waals surface area (Å²) in [6.45, 7) is 1.66. The van der Waals surface area contributed by atoms with Gasteiger partial charge in [0.2, 0.25) is 0 Å². The molecular weight excluding hydrogens is 380 g/mol. The van der Waals surface area contributed by atoms with Crippen LogP contribution in [0.25, 0.3) is 6.08 Å². The van der Waals surface area contributed by atoms with Crippen LogP contribution in [0.3, 0.4) is 0 Å². The zero-order valence-corrected chi connectivity index (χ0v) is 15.6. The van der Waals surface area contributed by atoms with E-state index in [-0.39, 0.29) is 11.3 Å². The molecule has 0 unspecified atom stereocenters. The standard InChI is InChI=1S/C20H17ClN4O3/c21-16-3-5-17(6-4-16)23-20(26)15(13-22)11-14-12-18(25(27)28)7-8-19(14)24-9-1-2-10-24/h3-8,11-12H,1-2,9-10H2,(H,23,26)/b15-11+. The summed E-state index contributed by atoms with van der Waals surface area (Å²) in [5.74, 6) is -0.594. The molecule has 28 heavy (non-hydrogen) atoms. The van der Waals surface area contributed by atoms with Gasteiger partial charge in [0.25, 0.3) is 11.6 Å². The number of nitro groups is 1. The van der Waals surface area contributed by atoms with Crippen LogP contribution in [0.5, 0.6) is 0 Å². The van der Waals surface area contributed by atoms with Crippen molar-refractivity contribution in [3.63, 3.8) is 0 Å². The number of nitrogens with one attached hydrogen (secondary N) is 1. The highest BCUT2D eigenvalue weighted by Crippen LogP contribution is 2.30. The number of carbonyl (C=O) groups excluding carboxylic acids is 1. The Morgan fingerprint density at radius 1 is 1.21 bits per heavy atom. The summed E-state index contributed by atoms with van der Waals surface area (Å²) in [6.07, 6.45) is 3.45. The fourth-order valence-corrected chi connectivity index (χ4v) is 3.18. The average molecular weight is 397 g/mol. The lowest BCUT2D eigenvalue weighted by Gasteiger charge is -2.20. The predicted octanol–water partition coefficient (Wildman–Crippen LogP) is 4.39. The van der Waals surface area contributed by atoms with Crippen molar-refractivity contribution < 1.29 is 9.72 Å². The maximum atomic E-state index is 12.5. The Balaban J connectivity index is 1.94. The molecule has 8 heteroatoms. The van der Waals surface area contributed by atoms with Gasteiger partial charge in [-0.15, -0.1) is 0 Å². The van der Waals surface area contributed by atoms with Crippen molar-refractivity contribution in [3.05, 3.63) is 68.7 Å². The molecule has 7 nitrogen and oxygen atoms in total. The molecule has 0 aliphatic carbocycles. The second-order valence-electron chi connectivity index (χ2n) is 6.33. The van der Waals surface area contributed by atoms with Gasteiger partial charge in [0.05, 0.1) is 4.92 Å². The minimum Gasteiger partial charge on any atom is -0.371 e. The number of anilines is 2. The molecule has 1 aliphatic rings. The van der Waals surface area contributed by atoms with Crippen LogP contribution in [-0.4, -0.2) is 23.9 Å². The highest BCUT2D eigenvalue weighted by Gasteiger charge is 2.19. The van der Waals surface area contributed by atoms with Crippen LogP contribution >= 0.6 is 11.6 Å². The molecule has 1 saturated heterocycles. The molecule has 0 aromatic heterocycles. The number of nitrogens with zero attached hydrogens (tertiary/aromatic N) is 3. The summed E-state index contributed by atoms with van der Waals surface area (Å²) in [6, 6.07) is 12.9. The zero-order valence-electron chi connectivity index (χ0n) is 14.9. The Labute approximate surface area is 167 Å². The first-order valence-electron chi connectivity index (χ1n) is 8.70. The van der Waals surface area contributed by atoms with E-state index in [2.05, 4.69) is 10.2 Å². The Bertz CT molecular complexity index is 974. The van der Waals surface area contributed by atoms with Crippen molar-refractivity contribution in [2.75, 3.05) is 23.3 Å². The number of nitriles is 1. The number of carbonyl (C=O) groups is 1. The van der Waals surface area contributed by atoms with Crippen molar-refractivity contribution in [1.82, 2.24) is 0 Å². The Morgan fingerprint density at radius 3 is 2.50 bits per heavy atom. The van der Waals surface area contributed by atoms with Crippen molar-refractivity contribution >= 4 is 40.6 Å². The largest absolute Gasteiger partial charge is 0.371 e. The topological polar surface area (TPSA) is 99.3 Å². The third-order valence-electron chi connectivity index (χ3n) is 4.44. The van der Waals surface area contributed by atoms with E-state index in [9.17, 15) is 20.2 Å². The molecule has 3 rings (SSSR count). The molecule has 142 valence electrons.